The number of hydrogen-bond donors (Lipinski definition) is 3. The number of carboxylic acid groups (broad SMARTS) is 1. The largest absolute Gasteiger partial charge is 0.480 e. The summed E-state index contributed by atoms with van der Waals surface area (Å²) in [6.45, 7) is 0.547. The number of amides is 1. The Labute approximate surface area is 219 Å². The summed E-state index contributed by atoms with van der Waals surface area (Å²) >= 11 is 0. The zero-order valence-electron chi connectivity index (χ0n) is 21.1. The number of pyridine rings is 1. The first kappa shape index (κ1) is 26.0. The van der Waals surface area contributed by atoms with Crippen molar-refractivity contribution in [3.05, 3.63) is 53.3 Å². The smallest absolute Gasteiger partial charge is 0.333 e. The van der Waals surface area contributed by atoms with E-state index in [0.29, 0.717) is 22.5 Å². The molecule has 0 aliphatic carbocycles. The number of alkyl halides is 2. The van der Waals surface area contributed by atoms with Gasteiger partial charge < -0.3 is 20.6 Å². The number of halogens is 2. The van der Waals surface area contributed by atoms with Crippen LogP contribution in [0.1, 0.15) is 53.8 Å². The monoisotopic (exact) mass is 526 g/mol. The van der Waals surface area contributed by atoms with Crippen molar-refractivity contribution in [1.29, 1.82) is 0 Å². The van der Waals surface area contributed by atoms with Gasteiger partial charge in [-0.2, -0.15) is 13.9 Å². The molecule has 38 heavy (non-hydrogen) atoms. The Kier molecular flexibility index (Phi) is 7.82. The number of aromatic nitrogens is 3. The molecule has 4 heterocycles. The summed E-state index contributed by atoms with van der Waals surface area (Å²) in [6, 6.07) is 7.48. The van der Waals surface area contributed by atoms with E-state index in [0.717, 1.165) is 63.3 Å². The summed E-state index contributed by atoms with van der Waals surface area (Å²) in [5.41, 5.74) is 2.79. The van der Waals surface area contributed by atoms with Crippen LogP contribution in [0.4, 0.5) is 14.6 Å². The average molecular weight is 527 g/mol. The van der Waals surface area contributed by atoms with Crippen molar-refractivity contribution in [2.75, 3.05) is 31.5 Å². The van der Waals surface area contributed by atoms with Crippen molar-refractivity contribution >= 4 is 28.6 Å². The molecule has 1 aromatic carbocycles. The molecule has 0 saturated carbocycles. The zero-order valence-corrected chi connectivity index (χ0v) is 21.1. The standard InChI is InChI=1S/C27H32F2N6O3/c28-27(29)35-23-8-5-19(14-20(23)15-31-35)25(36)33-22(26(37)38)10-13-34-12-9-17(16-34)3-6-21-7-4-18-2-1-11-30-24(18)32-21/h4-5,7-8,14-15,17,22,27H,1-3,6,9-13,16H2,(H,30,32)(H,33,36)(H,37,38)/t17-,22+/m0/s1. The fraction of sp³-hybridized carbons (Fsp3) is 0.481. The number of carbonyl (C=O) groups is 2. The van der Waals surface area contributed by atoms with Gasteiger partial charge in [-0.1, -0.05) is 6.07 Å². The molecule has 1 saturated heterocycles. The van der Waals surface area contributed by atoms with E-state index >= 15 is 0 Å². The van der Waals surface area contributed by atoms with Crippen LogP contribution in [0.3, 0.4) is 0 Å². The molecule has 2 atom stereocenters. The first-order chi connectivity index (χ1) is 18.4. The van der Waals surface area contributed by atoms with E-state index in [1.165, 1.54) is 30.0 Å². The highest BCUT2D eigenvalue weighted by atomic mass is 19.3. The van der Waals surface area contributed by atoms with E-state index in [-0.39, 0.29) is 17.5 Å². The minimum absolute atomic E-state index is 0.199. The van der Waals surface area contributed by atoms with Crippen molar-refractivity contribution in [1.82, 2.24) is 25.0 Å². The maximum atomic E-state index is 13.0. The van der Waals surface area contributed by atoms with Gasteiger partial charge in [0.2, 0.25) is 0 Å². The van der Waals surface area contributed by atoms with Gasteiger partial charge >= 0.3 is 12.5 Å². The Balaban J connectivity index is 1.10. The summed E-state index contributed by atoms with van der Waals surface area (Å²) in [7, 11) is 0. The Bertz CT molecular complexity index is 1310. The van der Waals surface area contributed by atoms with E-state index < -0.39 is 24.5 Å². The van der Waals surface area contributed by atoms with Crippen molar-refractivity contribution in [3.8, 4) is 0 Å². The van der Waals surface area contributed by atoms with E-state index in [1.54, 1.807) is 0 Å². The lowest BCUT2D eigenvalue weighted by molar-refractivity contribution is -0.139. The molecule has 5 rings (SSSR count). The minimum Gasteiger partial charge on any atom is -0.480 e. The summed E-state index contributed by atoms with van der Waals surface area (Å²) in [6.07, 6.45) is 6.76. The van der Waals surface area contributed by atoms with Crippen molar-refractivity contribution < 1.29 is 23.5 Å². The van der Waals surface area contributed by atoms with Crippen LogP contribution in [0.2, 0.25) is 0 Å². The Morgan fingerprint density at radius 2 is 2.11 bits per heavy atom. The number of aryl methyl sites for hydroxylation is 2. The SMILES string of the molecule is O=C(N[C@H](CCN1CC[C@H](CCc2ccc3c(n2)NCCC3)C1)C(=O)O)c1ccc2c(cnn2C(F)F)c1. The Morgan fingerprint density at radius 3 is 2.92 bits per heavy atom. The molecule has 1 amide bonds. The first-order valence-electron chi connectivity index (χ1n) is 13.1. The number of likely N-dealkylation sites (tertiary alicyclic amines) is 1. The van der Waals surface area contributed by atoms with Gasteiger partial charge in [-0.05, 0) is 80.8 Å². The maximum absolute atomic E-state index is 13.0. The molecule has 11 heteroatoms. The van der Waals surface area contributed by atoms with Gasteiger partial charge in [0.1, 0.15) is 11.9 Å². The molecule has 2 aromatic heterocycles. The third kappa shape index (κ3) is 5.93. The number of fused-ring (bicyclic) bond motifs is 2. The number of anilines is 1. The second kappa shape index (κ2) is 11.4. The van der Waals surface area contributed by atoms with Gasteiger partial charge in [0.15, 0.2) is 0 Å². The first-order valence-corrected chi connectivity index (χ1v) is 13.1. The number of nitrogens with zero attached hydrogens (tertiary/aromatic N) is 4. The Hall–Kier alpha value is -3.60. The molecule has 2 aliphatic rings. The fourth-order valence-corrected chi connectivity index (χ4v) is 5.37. The normalized spacial score (nSPS) is 18.3. The number of aliphatic carboxylic acids is 1. The lowest BCUT2D eigenvalue weighted by Gasteiger charge is -2.20. The van der Waals surface area contributed by atoms with Crippen LogP contribution in [0.25, 0.3) is 10.9 Å². The van der Waals surface area contributed by atoms with Gasteiger partial charge in [0.25, 0.3) is 5.91 Å². The summed E-state index contributed by atoms with van der Waals surface area (Å²) in [4.78, 5) is 31.6. The molecule has 0 spiro atoms. The number of hydrogen-bond acceptors (Lipinski definition) is 6. The molecular formula is C27H32F2N6O3. The lowest BCUT2D eigenvalue weighted by atomic mass is 10.00. The van der Waals surface area contributed by atoms with Crippen LogP contribution in [0.15, 0.2) is 36.5 Å². The zero-order chi connectivity index (χ0) is 26.6. The van der Waals surface area contributed by atoms with Gasteiger partial charge in [0, 0.05) is 36.3 Å². The predicted octanol–water partition coefficient (Wildman–Crippen LogP) is 3.71. The van der Waals surface area contributed by atoms with Crippen LogP contribution in [-0.2, 0) is 17.6 Å². The summed E-state index contributed by atoms with van der Waals surface area (Å²) in [5.74, 6) is -0.116. The van der Waals surface area contributed by atoms with Crippen LogP contribution in [0.5, 0.6) is 0 Å². The lowest BCUT2D eigenvalue weighted by Crippen LogP contribution is -2.43. The quantitative estimate of drug-likeness (QED) is 0.369. The molecule has 0 bridgehead atoms. The second-order valence-corrected chi connectivity index (χ2v) is 10.1. The maximum Gasteiger partial charge on any atom is 0.333 e. The number of nitrogens with one attached hydrogen (secondary N) is 2. The van der Waals surface area contributed by atoms with Gasteiger partial charge in [-0.25, -0.2) is 14.5 Å². The van der Waals surface area contributed by atoms with E-state index in [1.807, 2.05) is 0 Å². The molecule has 1 fully saturated rings. The molecule has 2 aliphatic heterocycles. The highest BCUT2D eigenvalue weighted by Crippen LogP contribution is 2.25. The summed E-state index contributed by atoms with van der Waals surface area (Å²) < 4.78 is 26.6. The van der Waals surface area contributed by atoms with E-state index in [9.17, 15) is 23.5 Å². The molecular weight excluding hydrogens is 494 g/mol. The van der Waals surface area contributed by atoms with Crippen molar-refractivity contribution in [2.24, 2.45) is 5.92 Å². The molecule has 0 unspecified atom stereocenters. The van der Waals surface area contributed by atoms with E-state index in [4.69, 9.17) is 4.98 Å². The number of carboxylic acids is 1. The van der Waals surface area contributed by atoms with Gasteiger partial charge in [-0.3, -0.25) is 4.79 Å². The minimum atomic E-state index is -2.79. The number of carbonyl (C=O) groups excluding carboxylic acids is 1. The summed E-state index contributed by atoms with van der Waals surface area (Å²) in [5, 5.41) is 19.7. The molecule has 3 N–H and O–H groups in total. The molecule has 3 aromatic rings. The van der Waals surface area contributed by atoms with Crippen LogP contribution >= 0.6 is 0 Å². The highest BCUT2D eigenvalue weighted by Gasteiger charge is 2.26. The van der Waals surface area contributed by atoms with E-state index in [2.05, 4.69) is 32.8 Å². The van der Waals surface area contributed by atoms with Crippen LogP contribution in [-0.4, -0.2) is 68.9 Å². The van der Waals surface area contributed by atoms with Gasteiger partial charge in [0.05, 0.1) is 11.7 Å². The third-order valence-electron chi connectivity index (χ3n) is 7.51. The van der Waals surface area contributed by atoms with Crippen molar-refractivity contribution in [2.45, 2.75) is 51.1 Å². The second-order valence-electron chi connectivity index (χ2n) is 10.1. The third-order valence-corrected chi connectivity index (χ3v) is 7.51. The number of benzene rings is 1. The van der Waals surface area contributed by atoms with Crippen molar-refractivity contribution in [3.63, 3.8) is 0 Å². The number of rotatable bonds is 10. The predicted molar refractivity (Wildman–Crippen MR) is 138 cm³/mol. The Morgan fingerprint density at radius 1 is 1.24 bits per heavy atom. The molecule has 0 radical (unpaired) electrons. The highest BCUT2D eigenvalue weighted by molar-refractivity contribution is 5.99. The average Bonchev–Trinajstić information content (AvgIpc) is 3.56. The van der Waals surface area contributed by atoms with Gasteiger partial charge in [-0.15, -0.1) is 0 Å². The topological polar surface area (TPSA) is 112 Å². The molecule has 9 nitrogen and oxygen atoms in total. The molecule has 202 valence electrons. The van der Waals surface area contributed by atoms with Crippen LogP contribution < -0.4 is 10.6 Å². The van der Waals surface area contributed by atoms with Crippen LogP contribution in [0, 0.1) is 5.92 Å². The fourth-order valence-electron chi connectivity index (χ4n) is 5.37.